The topological polar surface area (TPSA) is 75.4 Å². The Morgan fingerprint density at radius 1 is 1.19 bits per heavy atom. The highest BCUT2D eigenvalue weighted by Crippen LogP contribution is 2.26. The summed E-state index contributed by atoms with van der Waals surface area (Å²) in [6.45, 7) is 3.47. The minimum Gasteiger partial charge on any atom is -0.345 e. The van der Waals surface area contributed by atoms with Gasteiger partial charge in [-0.2, -0.15) is 0 Å². The lowest BCUT2D eigenvalue weighted by molar-refractivity contribution is -0.136. The van der Waals surface area contributed by atoms with Crippen LogP contribution in [0.3, 0.4) is 0 Å². The van der Waals surface area contributed by atoms with Gasteiger partial charge in [0.1, 0.15) is 6.04 Å². The zero-order valence-electron chi connectivity index (χ0n) is 16.4. The summed E-state index contributed by atoms with van der Waals surface area (Å²) in [6.07, 6.45) is 7.27. The molecule has 6 heteroatoms. The van der Waals surface area contributed by atoms with Gasteiger partial charge in [-0.3, -0.25) is 9.59 Å². The molecular weight excluding hydrogens is 362 g/mol. The molecule has 0 bridgehead atoms. The summed E-state index contributed by atoms with van der Waals surface area (Å²) in [6, 6.07) is 9.41. The minimum atomic E-state index is -0.507. The molecule has 1 aliphatic carbocycles. The molecule has 0 aliphatic heterocycles. The third-order valence-electron chi connectivity index (χ3n) is 5.11. The molecule has 1 fully saturated rings. The molecule has 27 heavy (non-hydrogen) atoms. The van der Waals surface area contributed by atoms with Crippen LogP contribution in [0.2, 0.25) is 0 Å². The monoisotopic (exact) mass is 395 g/mol. The predicted molar refractivity (Wildman–Crippen MR) is 112 cm³/mol. The molecule has 5 nitrogen and oxygen atoms in total. The van der Waals surface area contributed by atoms with Gasteiger partial charge in [-0.05, 0) is 44.2 Å². The van der Waals surface area contributed by atoms with Gasteiger partial charge >= 0.3 is 0 Å². The van der Waals surface area contributed by atoms with Gasteiger partial charge in [0.05, 0.1) is 0 Å². The SMILES string of the molecule is CC(NC(=O)CC1CCCCC1)C(=O)N(CCCN)Cc1ccccc1.Cl. The lowest BCUT2D eigenvalue weighted by Crippen LogP contribution is -2.47. The van der Waals surface area contributed by atoms with Crippen molar-refractivity contribution >= 4 is 24.2 Å². The maximum absolute atomic E-state index is 12.9. The Balaban J connectivity index is 0.00000364. The van der Waals surface area contributed by atoms with Crippen LogP contribution in [-0.2, 0) is 16.1 Å². The van der Waals surface area contributed by atoms with E-state index >= 15 is 0 Å². The lowest BCUT2D eigenvalue weighted by Gasteiger charge is -2.27. The van der Waals surface area contributed by atoms with Gasteiger partial charge < -0.3 is 16.0 Å². The van der Waals surface area contributed by atoms with E-state index in [0.717, 1.165) is 24.8 Å². The second-order valence-corrected chi connectivity index (χ2v) is 7.38. The molecule has 1 unspecified atom stereocenters. The fourth-order valence-corrected chi connectivity index (χ4v) is 3.64. The molecule has 0 radical (unpaired) electrons. The Morgan fingerprint density at radius 3 is 2.48 bits per heavy atom. The number of halogens is 1. The van der Waals surface area contributed by atoms with Crippen LogP contribution in [0, 0.1) is 5.92 Å². The molecule has 0 heterocycles. The average Bonchev–Trinajstić information content (AvgIpc) is 2.66. The van der Waals surface area contributed by atoms with Crippen molar-refractivity contribution in [3.63, 3.8) is 0 Å². The van der Waals surface area contributed by atoms with Crippen molar-refractivity contribution < 1.29 is 9.59 Å². The Bertz CT molecular complexity index is 562. The first-order valence-electron chi connectivity index (χ1n) is 9.92. The highest BCUT2D eigenvalue weighted by atomic mass is 35.5. The van der Waals surface area contributed by atoms with Crippen LogP contribution in [0.1, 0.15) is 57.4 Å². The van der Waals surface area contributed by atoms with Gasteiger partial charge in [0.2, 0.25) is 11.8 Å². The van der Waals surface area contributed by atoms with E-state index in [1.165, 1.54) is 19.3 Å². The molecular formula is C21H34ClN3O2. The molecule has 1 atom stereocenters. The zero-order chi connectivity index (χ0) is 18.8. The van der Waals surface area contributed by atoms with Crippen LogP contribution in [0.5, 0.6) is 0 Å². The summed E-state index contributed by atoms with van der Waals surface area (Å²) in [7, 11) is 0. The van der Waals surface area contributed by atoms with E-state index in [-0.39, 0.29) is 24.2 Å². The number of nitrogens with two attached hydrogens (primary N) is 1. The van der Waals surface area contributed by atoms with Crippen molar-refractivity contribution in [1.29, 1.82) is 0 Å². The summed E-state index contributed by atoms with van der Waals surface area (Å²) in [5.41, 5.74) is 6.71. The molecule has 2 amide bonds. The zero-order valence-corrected chi connectivity index (χ0v) is 17.2. The summed E-state index contributed by atoms with van der Waals surface area (Å²) in [5, 5.41) is 2.91. The first-order chi connectivity index (χ1) is 12.6. The maximum Gasteiger partial charge on any atom is 0.245 e. The van der Waals surface area contributed by atoms with Gasteiger partial charge in [0.15, 0.2) is 0 Å². The van der Waals surface area contributed by atoms with Crippen LogP contribution in [-0.4, -0.2) is 35.8 Å². The van der Waals surface area contributed by atoms with Gasteiger partial charge in [-0.15, -0.1) is 12.4 Å². The van der Waals surface area contributed by atoms with Crippen LogP contribution >= 0.6 is 12.4 Å². The highest BCUT2D eigenvalue weighted by molar-refractivity contribution is 5.87. The molecule has 0 spiro atoms. The van der Waals surface area contributed by atoms with Crippen LogP contribution in [0.25, 0.3) is 0 Å². The molecule has 1 aromatic rings. The van der Waals surface area contributed by atoms with E-state index < -0.39 is 6.04 Å². The van der Waals surface area contributed by atoms with E-state index in [0.29, 0.717) is 32.0 Å². The summed E-state index contributed by atoms with van der Waals surface area (Å²) >= 11 is 0. The fraction of sp³-hybridized carbons (Fsp3) is 0.619. The first-order valence-corrected chi connectivity index (χ1v) is 9.92. The van der Waals surface area contributed by atoms with E-state index in [4.69, 9.17) is 5.73 Å². The number of rotatable bonds is 9. The second-order valence-electron chi connectivity index (χ2n) is 7.38. The molecule has 2 rings (SSSR count). The largest absolute Gasteiger partial charge is 0.345 e. The molecule has 0 aromatic heterocycles. The van der Waals surface area contributed by atoms with Crippen molar-refractivity contribution in [3.8, 4) is 0 Å². The number of nitrogens with one attached hydrogen (secondary N) is 1. The summed E-state index contributed by atoms with van der Waals surface area (Å²) < 4.78 is 0. The first kappa shape index (κ1) is 23.4. The smallest absolute Gasteiger partial charge is 0.245 e. The van der Waals surface area contributed by atoms with E-state index in [9.17, 15) is 9.59 Å². The van der Waals surface area contributed by atoms with E-state index in [2.05, 4.69) is 5.32 Å². The third kappa shape index (κ3) is 8.31. The van der Waals surface area contributed by atoms with Crippen LogP contribution in [0.15, 0.2) is 30.3 Å². The lowest BCUT2D eigenvalue weighted by atomic mass is 9.87. The average molecular weight is 396 g/mol. The number of benzene rings is 1. The summed E-state index contributed by atoms with van der Waals surface area (Å²) in [4.78, 5) is 27.0. The van der Waals surface area contributed by atoms with Crippen LogP contribution < -0.4 is 11.1 Å². The van der Waals surface area contributed by atoms with Crippen molar-refractivity contribution in [2.45, 2.75) is 64.5 Å². The van der Waals surface area contributed by atoms with Crippen molar-refractivity contribution in [2.24, 2.45) is 11.7 Å². The number of carbonyl (C=O) groups excluding carboxylic acids is 2. The second kappa shape index (κ2) is 12.7. The number of hydrogen-bond donors (Lipinski definition) is 2. The highest BCUT2D eigenvalue weighted by Gasteiger charge is 2.24. The number of amides is 2. The fourth-order valence-electron chi connectivity index (χ4n) is 3.64. The molecule has 0 saturated heterocycles. The Morgan fingerprint density at radius 2 is 1.85 bits per heavy atom. The van der Waals surface area contributed by atoms with Gasteiger partial charge in [0.25, 0.3) is 0 Å². The normalized spacial score (nSPS) is 15.5. The van der Waals surface area contributed by atoms with Crippen molar-refractivity contribution in [3.05, 3.63) is 35.9 Å². The molecule has 1 saturated carbocycles. The molecule has 1 aliphatic rings. The minimum absolute atomic E-state index is 0. The van der Waals surface area contributed by atoms with Crippen molar-refractivity contribution in [1.82, 2.24) is 10.2 Å². The van der Waals surface area contributed by atoms with E-state index in [1.54, 1.807) is 11.8 Å². The number of carbonyl (C=O) groups is 2. The number of nitrogens with zero attached hydrogens (tertiary/aromatic N) is 1. The standard InChI is InChI=1S/C21H33N3O2.ClH/c1-17(23-20(25)15-18-9-4-2-5-10-18)21(26)24(14-8-13-22)16-19-11-6-3-7-12-19;/h3,6-7,11-12,17-18H,2,4-5,8-10,13-16,22H2,1H3,(H,23,25);1H. The molecule has 1 aromatic carbocycles. The van der Waals surface area contributed by atoms with E-state index in [1.807, 2.05) is 30.3 Å². The number of hydrogen-bond acceptors (Lipinski definition) is 3. The van der Waals surface area contributed by atoms with Gasteiger partial charge in [0, 0.05) is 19.5 Å². The van der Waals surface area contributed by atoms with Gasteiger partial charge in [-0.25, -0.2) is 0 Å². The Labute approximate surface area is 169 Å². The Hall–Kier alpha value is -1.59. The Kier molecular flexibility index (Phi) is 11.1. The molecule has 152 valence electrons. The predicted octanol–water partition coefficient (Wildman–Crippen LogP) is 3.26. The third-order valence-corrected chi connectivity index (χ3v) is 5.11. The summed E-state index contributed by atoms with van der Waals surface area (Å²) in [5.74, 6) is 0.430. The molecule has 3 N–H and O–H groups in total. The van der Waals surface area contributed by atoms with Gasteiger partial charge in [-0.1, -0.05) is 49.6 Å². The van der Waals surface area contributed by atoms with Crippen molar-refractivity contribution in [2.75, 3.05) is 13.1 Å². The van der Waals surface area contributed by atoms with Crippen LogP contribution in [0.4, 0.5) is 0 Å². The quantitative estimate of drug-likeness (QED) is 0.673. The maximum atomic E-state index is 12.9.